The van der Waals surface area contributed by atoms with Gasteiger partial charge in [-0.2, -0.15) is 0 Å². The third kappa shape index (κ3) is 7.21. The zero-order valence-electron chi connectivity index (χ0n) is 10.5. The fourth-order valence-electron chi connectivity index (χ4n) is 1.35. The number of unbranched alkanes of at least 4 members (excludes halogenated alkanes) is 3. The average Bonchev–Trinajstić information content (AvgIpc) is 2.24. The summed E-state index contributed by atoms with van der Waals surface area (Å²) < 4.78 is 4.74. The van der Waals surface area contributed by atoms with Gasteiger partial charge in [0.2, 0.25) is 0 Å². The number of ketones is 1. The molecule has 0 aliphatic carbocycles. The van der Waals surface area contributed by atoms with Gasteiger partial charge in [0.1, 0.15) is 0 Å². The Morgan fingerprint density at radius 2 is 1.81 bits per heavy atom. The number of rotatable bonds is 8. The summed E-state index contributed by atoms with van der Waals surface area (Å²) >= 11 is 0. The van der Waals surface area contributed by atoms with E-state index in [2.05, 4.69) is 6.92 Å². The molecule has 0 saturated carbocycles. The van der Waals surface area contributed by atoms with Crippen molar-refractivity contribution in [2.45, 2.75) is 52.9 Å². The summed E-state index contributed by atoms with van der Waals surface area (Å²) in [7, 11) is 0. The van der Waals surface area contributed by atoms with Gasteiger partial charge < -0.3 is 4.74 Å². The molecule has 0 N–H and O–H groups in total. The maximum absolute atomic E-state index is 11.6. The minimum atomic E-state index is -0.429. The maximum atomic E-state index is 11.6. The smallest absolute Gasteiger partial charge is 0.331 e. The van der Waals surface area contributed by atoms with Crippen LogP contribution in [0.15, 0.2) is 11.6 Å². The summed E-state index contributed by atoms with van der Waals surface area (Å²) in [5.74, 6) is -0.383. The average molecular weight is 226 g/mol. The van der Waals surface area contributed by atoms with E-state index in [-0.39, 0.29) is 5.78 Å². The zero-order chi connectivity index (χ0) is 12.4. The van der Waals surface area contributed by atoms with E-state index in [1.54, 1.807) is 13.8 Å². The van der Waals surface area contributed by atoms with Gasteiger partial charge >= 0.3 is 5.97 Å². The predicted molar refractivity (Wildman–Crippen MR) is 64.2 cm³/mol. The Bertz CT molecular complexity index is 254. The topological polar surface area (TPSA) is 43.4 Å². The van der Waals surface area contributed by atoms with Gasteiger partial charge in [-0.1, -0.05) is 26.2 Å². The molecule has 0 spiro atoms. The Morgan fingerprint density at radius 3 is 2.38 bits per heavy atom. The largest absolute Gasteiger partial charge is 0.463 e. The second-order valence-corrected chi connectivity index (χ2v) is 3.81. The van der Waals surface area contributed by atoms with E-state index in [0.29, 0.717) is 18.6 Å². The van der Waals surface area contributed by atoms with E-state index in [9.17, 15) is 9.59 Å². The van der Waals surface area contributed by atoms with Gasteiger partial charge in [-0.15, -0.1) is 0 Å². The van der Waals surface area contributed by atoms with Crippen molar-refractivity contribution < 1.29 is 14.3 Å². The van der Waals surface area contributed by atoms with E-state index >= 15 is 0 Å². The number of hydrogen-bond acceptors (Lipinski definition) is 3. The first-order valence-corrected chi connectivity index (χ1v) is 6.00. The van der Waals surface area contributed by atoms with Gasteiger partial charge in [-0.25, -0.2) is 4.79 Å². The molecule has 0 saturated heterocycles. The van der Waals surface area contributed by atoms with Gasteiger partial charge in [0, 0.05) is 12.5 Å². The van der Waals surface area contributed by atoms with E-state index in [0.717, 1.165) is 25.7 Å². The van der Waals surface area contributed by atoms with Crippen molar-refractivity contribution in [3.8, 4) is 0 Å². The first kappa shape index (κ1) is 14.9. The number of carbonyl (C=O) groups is 2. The minimum absolute atomic E-state index is 0.0455. The highest BCUT2D eigenvalue weighted by atomic mass is 16.5. The highest BCUT2D eigenvalue weighted by molar-refractivity contribution is 6.00. The molecule has 0 radical (unpaired) electrons. The molecule has 0 atom stereocenters. The summed E-state index contributed by atoms with van der Waals surface area (Å²) in [6.07, 6.45) is 6.11. The molecule has 0 bridgehead atoms. The minimum Gasteiger partial charge on any atom is -0.463 e. The lowest BCUT2D eigenvalue weighted by Crippen LogP contribution is -2.05. The Morgan fingerprint density at radius 1 is 1.12 bits per heavy atom. The molecule has 0 unspecified atom stereocenters. The zero-order valence-corrected chi connectivity index (χ0v) is 10.5. The van der Waals surface area contributed by atoms with Crippen LogP contribution in [-0.2, 0) is 14.3 Å². The first-order chi connectivity index (χ1) is 7.61. The van der Waals surface area contributed by atoms with Crippen LogP contribution in [0, 0.1) is 0 Å². The summed E-state index contributed by atoms with van der Waals surface area (Å²) in [6, 6.07) is 0. The van der Waals surface area contributed by atoms with Gasteiger partial charge in [0.25, 0.3) is 0 Å². The van der Waals surface area contributed by atoms with Gasteiger partial charge in [-0.05, 0) is 25.8 Å². The number of carbonyl (C=O) groups excluding carboxylic acids is 2. The Hall–Kier alpha value is -1.12. The lowest BCUT2D eigenvalue weighted by atomic mass is 10.1. The summed E-state index contributed by atoms with van der Waals surface area (Å²) in [5.41, 5.74) is 0.495. The lowest BCUT2D eigenvalue weighted by molar-refractivity contribution is -0.137. The van der Waals surface area contributed by atoms with Crippen molar-refractivity contribution >= 4 is 11.8 Å². The SMILES string of the molecule is CCCCCCC(=O)/C(C)=C\C(=O)OCC. The molecule has 0 fully saturated rings. The Kier molecular flexibility index (Phi) is 8.49. The van der Waals surface area contributed by atoms with Crippen LogP contribution in [0.25, 0.3) is 0 Å². The third-order valence-corrected chi connectivity index (χ3v) is 2.32. The third-order valence-electron chi connectivity index (χ3n) is 2.32. The van der Waals surface area contributed by atoms with Crippen molar-refractivity contribution in [1.82, 2.24) is 0 Å². The molecule has 0 aromatic rings. The van der Waals surface area contributed by atoms with E-state index in [1.165, 1.54) is 6.08 Å². The molecule has 92 valence electrons. The van der Waals surface area contributed by atoms with Crippen molar-refractivity contribution in [3.05, 3.63) is 11.6 Å². The molecule has 0 aromatic heterocycles. The normalized spacial score (nSPS) is 11.3. The van der Waals surface area contributed by atoms with Gasteiger partial charge in [0.15, 0.2) is 5.78 Å². The molecule has 0 aromatic carbocycles. The molecule has 3 nitrogen and oxygen atoms in total. The predicted octanol–water partition coefficient (Wildman–Crippen LogP) is 3.04. The van der Waals surface area contributed by atoms with Crippen LogP contribution in [0.1, 0.15) is 52.9 Å². The van der Waals surface area contributed by atoms with E-state index < -0.39 is 5.97 Å². The highest BCUT2D eigenvalue weighted by Gasteiger charge is 2.06. The van der Waals surface area contributed by atoms with Crippen LogP contribution >= 0.6 is 0 Å². The summed E-state index contributed by atoms with van der Waals surface area (Å²) in [6.45, 7) is 5.88. The standard InChI is InChI=1S/C13H22O3/c1-4-6-7-8-9-12(14)11(3)10-13(15)16-5-2/h10H,4-9H2,1-3H3/b11-10-. The van der Waals surface area contributed by atoms with Crippen molar-refractivity contribution in [3.63, 3.8) is 0 Å². The molecule has 3 heteroatoms. The highest BCUT2D eigenvalue weighted by Crippen LogP contribution is 2.07. The lowest BCUT2D eigenvalue weighted by Gasteiger charge is -2.01. The first-order valence-electron chi connectivity index (χ1n) is 6.00. The number of esters is 1. The van der Waals surface area contributed by atoms with E-state index in [4.69, 9.17) is 4.74 Å². The molecule has 0 aliphatic rings. The Balaban J connectivity index is 3.93. The second-order valence-electron chi connectivity index (χ2n) is 3.81. The van der Waals surface area contributed by atoms with Crippen LogP contribution in [0.4, 0.5) is 0 Å². The molecule has 0 amide bonds. The van der Waals surface area contributed by atoms with Crippen LogP contribution < -0.4 is 0 Å². The molecule has 0 aliphatic heterocycles. The number of ether oxygens (including phenoxy) is 1. The second kappa shape index (κ2) is 9.13. The van der Waals surface area contributed by atoms with Crippen molar-refractivity contribution in [2.75, 3.05) is 6.61 Å². The number of hydrogen-bond donors (Lipinski definition) is 0. The molecular weight excluding hydrogens is 204 g/mol. The summed E-state index contributed by atoms with van der Waals surface area (Å²) in [4.78, 5) is 22.7. The quantitative estimate of drug-likeness (QED) is 0.363. The fourth-order valence-corrected chi connectivity index (χ4v) is 1.35. The maximum Gasteiger partial charge on any atom is 0.331 e. The number of Topliss-reactive ketones (excluding diaryl/α,β-unsaturated/α-hetero) is 1. The van der Waals surface area contributed by atoms with Crippen molar-refractivity contribution in [2.24, 2.45) is 0 Å². The van der Waals surface area contributed by atoms with Crippen LogP contribution in [-0.4, -0.2) is 18.4 Å². The van der Waals surface area contributed by atoms with Crippen LogP contribution in [0.2, 0.25) is 0 Å². The Labute approximate surface area is 97.9 Å². The van der Waals surface area contributed by atoms with Crippen LogP contribution in [0.3, 0.4) is 0 Å². The summed E-state index contributed by atoms with van der Waals surface area (Å²) in [5, 5.41) is 0. The fraction of sp³-hybridized carbons (Fsp3) is 0.692. The van der Waals surface area contributed by atoms with Crippen molar-refractivity contribution in [1.29, 1.82) is 0 Å². The van der Waals surface area contributed by atoms with Gasteiger partial charge in [-0.3, -0.25) is 4.79 Å². The number of allylic oxidation sites excluding steroid dienone is 1. The molecule has 0 heterocycles. The molecule has 0 rings (SSSR count). The molecular formula is C13H22O3. The van der Waals surface area contributed by atoms with Crippen LogP contribution in [0.5, 0.6) is 0 Å². The monoisotopic (exact) mass is 226 g/mol. The van der Waals surface area contributed by atoms with E-state index in [1.807, 2.05) is 0 Å². The molecule has 16 heavy (non-hydrogen) atoms. The van der Waals surface area contributed by atoms with Gasteiger partial charge in [0.05, 0.1) is 6.61 Å².